The van der Waals surface area contributed by atoms with Crippen molar-refractivity contribution in [3.8, 4) is 5.75 Å². The van der Waals surface area contributed by atoms with Gasteiger partial charge in [0.2, 0.25) is 0 Å². The third-order valence-electron chi connectivity index (χ3n) is 4.09. The van der Waals surface area contributed by atoms with Gasteiger partial charge in [-0.25, -0.2) is 0 Å². The summed E-state index contributed by atoms with van der Waals surface area (Å²) in [6.45, 7) is 22.6. The Hall–Kier alpha value is -0.980. The minimum Gasteiger partial charge on any atom is -0.488 e. The summed E-state index contributed by atoms with van der Waals surface area (Å²) in [5, 5.41) is 0. The molecule has 1 aromatic carbocycles. The van der Waals surface area contributed by atoms with Crippen LogP contribution in [0.3, 0.4) is 0 Å². The van der Waals surface area contributed by atoms with E-state index in [2.05, 4.69) is 87.4 Å². The molecule has 0 heterocycles. The SMILES string of the molecule is CCC(c1cccc(CC(C)(C)C)c1OC(C)(C)C)C(C)(C)C. The number of benzene rings is 1. The van der Waals surface area contributed by atoms with Crippen LogP contribution in [0.15, 0.2) is 18.2 Å². The van der Waals surface area contributed by atoms with E-state index in [-0.39, 0.29) is 16.4 Å². The van der Waals surface area contributed by atoms with Crippen LogP contribution >= 0.6 is 0 Å². The van der Waals surface area contributed by atoms with Gasteiger partial charge in [0.25, 0.3) is 0 Å². The number of para-hydroxylation sites is 1. The Morgan fingerprint density at radius 2 is 1.48 bits per heavy atom. The van der Waals surface area contributed by atoms with Crippen LogP contribution in [0.2, 0.25) is 0 Å². The molecule has 0 saturated carbocycles. The first-order chi connectivity index (χ1) is 10.2. The third-order valence-corrected chi connectivity index (χ3v) is 4.09. The number of rotatable bonds is 4. The summed E-state index contributed by atoms with van der Waals surface area (Å²) in [4.78, 5) is 0. The minimum absolute atomic E-state index is 0.182. The highest BCUT2D eigenvalue weighted by atomic mass is 16.5. The standard InChI is InChI=1S/C22H38O/c1-11-18(21(5,6)7)17-14-12-13-16(15-20(2,3)4)19(17)23-22(8,9)10/h12-14,18H,11,15H2,1-10H3. The predicted molar refractivity (Wildman–Crippen MR) is 102 cm³/mol. The fourth-order valence-electron chi connectivity index (χ4n) is 3.32. The molecule has 1 unspecified atom stereocenters. The van der Waals surface area contributed by atoms with Crippen LogP contribution < -0.4 is 4.74 Å². The highest BCUT2D eigenvalue weighted by Gasteiger charge is 2.30. The maximum Gasteiger partial charge on any atom is 0.126 e. The maximum absolute atomic E-state index is 6.49. The Morgan fingerprint density at radius 1 is 0.913 bits per heavy atom. The van der Waals surface area contributed by atoms with Gasteiger partial charge in [0, 0.05) is 0 Å². The van der Waals surface area contributed by atoms with Crippen molar-refractivity contribution in [2.75, 3.05) is 0 Å². The quantitative estimate of drug-likeness (QED) is 0.581. The smallest absolute Gasteiger partial charge is 0.126 e. The molecular weight excluding hydrogens is 280 g/mol. The molecule has 0 spiro atoms. The van der Waals surface area contributed by atoms with Crippen molar-refractivity contribution in [2.45, 2.75) is 93.6 Å². The van der Waals surface area contributed by atoms with E-state index < -0.39 is 0 Å². The van der Waals surface area contributed by atoms with Gasteiger partial charge in [-0.05, 0) is 61.5 Å². The number of ether oxygens (including phenoxy) is 1. The molecule has 0 aliphatic rings. The fraction of sp³-hybridized carbons (Fsp3) is 0.727. The summed E-state index contributed by atoms with van der Waals surface area (Å²) >= 11 is 0. The molecule has 23 heavy (non-hydrogen) atoms. The van der Waals surface area contributed by atoms with Crippen LogP contribution in [0.25, 0.3) is 0 Å². The average molecular weight is 319 g/mol. The van der Waals surface area contributed by atoms with E-state index in [1.807, 2.05) is 0 Å². The maximum atomic E-state index is 6.49. The lowest BCUT2D eigenvalue weighted by atomic mass is 9.74. The summed E-state index contributed by atoms with van der Waals surface area (Å²) in [7, 11) is 0. The molecule has 0 bridgehead atoms. The topological polar surface area (TPSA) is 9.23 Å². The van der Waals surface area contributed by atoms with Crippen LogP contribution in [0, 0.1) is 10.8 Å². The zero-order chi connectivity index (χ0) is 18.1. The molecule has 0 aliphatic heterocycles. The molecule has 132 valence electrons. The molecule has 1 heteroatoms. The third kappa shape index (κ3) is 6.20. The van der Waals surface area contributed by atoms with E-state index in [0.29, 0.717) is 5.92 Å². The molecule has 0 N–H and O–H groups in total. The second-order valence-corrected chi connectivity index (χ2v) is 10.1. The first-order valence-corrected chi connectivity index (χ1v) is 9.05. The Kier molecular flexibility index (Phi) is 5.99. The van der Waals surface area contributed by atoms with Crippen LogP contribution in [-0.2, 0) is 6.42 Å². The Bertz CT molecular complexity index is 506. The van der Waals surface area contributed by atoms with Crippen LogP contribution in [-0.4, -0.2) is 5.60 Å². The molecule has 1 atom stereocenters. The fourth-order valence-corrected chi connectivity index (χ4v) is 3.32. The van der Waals surface area contributed by atoms with Gasteiger partial charge >= 0.3 is 0 Å². The lowest BCUT2D eigenvalue weighted by Crippen LogP contribution is -2.27. The highest BCUT2D eigenvalue weighted by molar-refractivity contribution is 5.45. The predicted octanol–water partition coefficient (Wildman–Crippen LogP) is 6.99. The van der Waals surface area contributed by atoms with Crippen molar-refractivity contribution < 1.29 is 4.74 Å². The van der Waals surface area contributed by atoms with E-state index in [4.69, 9.17) is 4.74 Å². The lowest BCUT2D eigenvalue weighted by Gasteiger charge is -2.35. The first-order valence-electron chi connectivity index (χ1n) is 9.05. The van der Waals surface area contributed by atoms with Crippen LogP contribution in [0.4, 0.5) is 0 Å². The molecule has 1 rings (SSSR count). The molecule has 0 aliphatic carbocycles. The van der Waals surface area contributed by atoms with E-state index in [1.54, 1.807) is 0 Å². The van der Waals surface area contributed by atoms with Gasteiger partial charge in [-0.15, -0.1) is 0 Å². The lowest BCUT2D eigenvalue weighted by molar-refractivity contribution is 0.124. The zero-order valence-corrected chi connectivity index (χ0v) is 17.1. The molecule has 0 amide bonds. The normalized spacial score (nSPS) is 14.7. The van der Waals surface area contributed by atoms with Crippen molar-refractivity contribution in [1.29, 1.82) is 0 Å². The molecule has 1 nitrogen and oxygen atoms in total. The monoisotopic (exact) mass is 318 g/mol. The molecular formula is C22H38O. The van der Waals surface area contributed by atoms with Gasteiger partial charge in [0.1, 0.15) is 11.4 Å². The summed E-state index contributed by atoms with van der Waals surface area (Å²) in [6.07, 6.45) is 2.16. The van der Waals surface area contributed by atoms with E-state index in [1.165, 1.54) is 11.1 Å². The van der Waals surface area contributed by atoms with Gasteiger partial charge in [0.15, 0.2) is 0 Å². The van der Waals surface area contributed by atoms with E-state index >= 15 is 0 Å². The summed E-state index contributed by atoms with van der Waals surface area (Å²) in [5.74, 6) is 1.62. The minimum atomic E-state index is -0.182. The van der Waals surface area contributed by atoms with E-state index in [9.17, 15) is 0 Å². The Balaban J connectivity index is 3.47. The van der Waals surface area contributed by atoms with Gasteiger partial charge in [-0.2, -0.15) is 0 Å². The van der Waals surface area contributed by atoms with Crippen molar-refractivity contribution in [2.24, 2.45) is 10.8 Å². The summed E-state index contributed by atoms with van der Waals surface area (Å²) in [5.41, 5.74) is 3.01. The Labute approximate surface area is 144 Å². The zero-order valence-electron chi connectivity index (χ0n) is 17.1. The van der Waals surface area contributed by atoms with Crippen molar-refractivity contribution in [1.82, 2.24) is 0 Å². The van der Waals surface area contributed by atoms with Crippen molar-refractivity contribution in [3.05, 3.63) is 29.3 Å². The van der Waals surface area contributed by atoms with Crippen molar-refractivity contribution in [3.63, 3.8) is 0 Å². The van der Waals surface area contributed by atoms with Gasteiger partial charge in [0.05, 0.1) is 0 Å². The van der Waals surface area contributed by atoms with Crippen molar-refractivity contribution >= 4 is 0 Å². The summed E-state index contributed by atoms with van der Waals surface area (Å²) in [6, 6.07) is 6.72. The van der Waals surface area contributed by atoms with Crippen LogP contribution in [0.5, 0.6) is 5.75 Å². The second kappa shape index (κ2) is 6.87. The molecule has 1 aromatic rings. The molecule has 0 radical (unpaired) electrons. The first kappa shape index (κ1) is 20.1. The molecule has 0 aromatic heterocycles. The number of hydrogen-bond acceptors (Lipinski definition) is 1. The summed E-state index contributed by atoms with van der Waals surface area (Å²) < 4.78 is 6.49. The van der Waals surface area contributed by atoms with Gasteiger partial charge in [-0.1, -0.05) is 66.7 Å². The molecule has 0 saturated heterocycles. The van der Waals surface area contributed by atoms with E-state index in [0.717, 1.165) is 18.6 Å². The highest BCUT2D eigenvalue weighted by Crippen LogP contribution is 2.44. The molecule has 0 fully saturated rings. The second-order valence-electron chi connectivity index (χ2n) is 10.1. The average Bonchev–Trinajstić information content (AvgIpc) is 2.28. The van der Waals surface area contributed by atoms with Gasteiger partial charge in [-0.3, -0.25) is 0 Å². The largest absolute Gasteiger partial charge is 0.488 e. The Morgan fingerprint density at radius 3 is 1.87 bits per heavy atom. The number of hydrogen-bond donors (Lipinski definition) is 0. The van der Waals surface area contributed by atoms with Crippen LogP contribution in [0.1, 0.15) is 92.7 Å². The van der Waals surface area contributed by atoms with Gasteiger partial charge < -0.3 is 4.74 Å².